The molecule has 0 aliphatic carbocycles. The summed E-state index contributed by atoms with van der Waals surface area (Å²) in [6, 6.07) is 2.97. The van der Waals surface area contributed by atoms with Crippen LogP contribution in [0.25, 0.3) is 6.08 Å². The zero-order chi connectivity index (χ0) is 13.0. The highest BCUT2D eigenvalue weighted by Gasteiger charge is 2.14. The van der Waals surface area contributed by atoms with Crippen LogP contribution in [0.1, 0.15) is 25.8 Å². The van der Waals surface area contributed by atoms with Gasteiger partial charge in [-0.05, 0) is 18.1 Å². The number of rotatable bonds is 4. The summed E-state index contributed by atoms with van der Waals surface area (Å²) in [5.74, 6) is -1.41. The Morgan fingerprint density at radius 2 is 2.12 bits per heavy atom. The minimum atomic E-state index is -0.798. The van der Waals surface area contributed by atoms with E-state index in [1.807, 2.05) is 13.8 Å². The molecule has 17 heavy (non-hydrogen) atoms. The summed E-state index contributed by atoms with van der Waals surface area (Å²) in [4.78, 5) is 10.2. The molecule has 0 unspecified atom stereocenters. The third-order valence-electron chi connectivity index (χ3n) is 2.14. The highest BCUT2D eigenvalue weighted by molar-refractivity contribution is 5.51. The standard InChI is InChI=1S/C12H13F2NO2/c1-8(2)5-11(15(16)17)6-9-3-4-10(13)7-12(9)14/h3-4,6-8H,5H2,1-2H3. The van der Waals surface area contributed by atoms with Crippen LogP contribution >= 0.6 is 0 Å². The molecule has 0 radical (unpaired) electrons. The summed E-state index contributed by atoms with van der Waals surface area (Å²) in [5.41, 5.74) is -0.0516. The number of halogens is 2. The zero-order valence-electron chi connectivity index (χ0n) is 9.61. The van der Waals surface area contributed by atoms with Gasteiger partial charge in [-0.25, -0.2) is 8.78 Å². The average molecular weight is 241 g/mol. The Morgan fingerprint density at radius 3 is 2.59 bits per heavy atom. The lowest BCUT2D eigenvalue weighted by Crippen LogP contribution is -2.02. The van der Waals surface area contributed by atoms with E-state index in [1.54, 1.807) is 0 Å². The van der Waals surface area contributed by atoms with E-state index in [4.69, 9.17) is 0 Å². The van der Waals surface area contributed by atoms with Gasteiger partial charge in [0.25, 0.3) is 0 Å². The number of nitrogens with zero attached hydrogens (tertiary/aromatic N) is 1. The van der Waals surface area contributed by atoms with Gasteiger partial charge in [-0.1, -0.05) is 13.8 Å². The second kappa shape index (κ2) is 5.52. The highest BCUT2D eigenvalue weighted by atomic mass is 19.1. The maximum absolute atomic E-state index is 13.3. The molecule has 0 N–H and O–H groups in total. The number of nitro groups is 1. The van der Waals surface area contributed by atoms with Crippen LogP contribution < -0.4 is 0 Å². The van der Waals surface area contributed by atoms with Crippen molar-refractivity contribution < 1.29 is 13.7 Å². The Kier molecular flexibility index (Phi) is 4.31. The van der Waals surface area contributed by atoms with Crippen LogP contribution in [0.5, 0.6) is 0 Å². The van der Waals surface area contributed by atoms with Crippen LogP contribution in [0.2, 0.25) is 0 Å². The van der Waals surface area contributed by atoms with Crippen LogP contribution in [0.4, 0.5) is 8.78 Å². The summed E-state index contributed by atoms with van der Waals surface area (Å²) in [6.45, 7) is 3.66. The minimum Gasteiger partial charge on any atom is -0.259 e. The largest absolute Gasteiger partial charge is 0.259 e. The maximum Gasteiger partial charge on any atom is 0.247 e. The van der Waals surface area contributed by atoms with Gasteiger partial charge in [0, 0.05) is 24.1 Å². The third-order valence-corrected chi connectivity index (χ3v) is 2.14. The van der Waals surface area contributed by atoms with Gasteiger partial charge < -0.3 is 0 Å². The molecule has 0 heterocycles. The van der Waals surface area contributed by atoms with Crippen LogP contribution in [0.15, 0.2) is 23.9 Å². The first-order chi connectivity index (χ1) is 7.90. The Labute approximate surface area is 97.9 Å². The molecular formula is C12H13F2NO2. The van der Waals surface area contributed by atoms with E-state index in [2.05, 4.69) is 0 Å². The van der Waals surface area contributed by atoms with Crippen molar-refractivity contribution in [3.8, 4) is 0 Å². The molecule has 0 amide bonds. The van der Waals surface area contributed by atoms with Crippen LogP contribution in [0.3, 0.4) is 0 Å². The molecule has 5 heteroatoms. The highest BCUT2D eigenvalue weighted by Crippen LogP contribution is 2.18. The fourth-order valence-corrected chi connectivity index (χ4v) is 1.40. The van der Waals surface area contributed by atoms with Crippen molar-refractivity contribution in [1.29, 1.82) is 0 Å². The summed E-state index contributed by atoms with van der Waals surface area (Å²) >= 11 is 0. The van der Waals surface area contributed by atoms with Gasteiger partial charge in [-0.15, -0.1) is 0 Å². The van der Waals surface area contributed by atoms with Crippen LogP contribution in [-0.2, 0) is 0 Å². The first-order valence-electron chi connectivity index (χ1n) is 5.20. The first-order valence-corrected chi connectivity index (χ1v) is 5.20. The van der Waals surface area contributed by atoms with E-state index in [1.165, 1.54) is 6.07 Å². The summed E-state index contributed by atoms with van der Waals surface area (Å²) in [7, 11) is 0. The van der Waals surface area contributed by atoms with Gasteiger partial charge in [-0.2, -0.15) is 0 Å². The molecule has 1 aromatic carbocycles. The number of allylic oxidation sites excluding steroid dienone is 1. The van der Waals surface area contributed by atoms with E-state index in [9.17, 15) is 18.9 Å². The number of hydrogen-bond donors (Lipinski definition) is 0. The molecule has 0 aliphatic heterocycles. The normalized spacial score (nSPS) is 11.9. The molecular weight excluding hydrogens is 228 g/mol. The zero-order valence-corrected chi connectivity index (χ0v) is 9.61. The smallest absolute Gasteiger partial charge is 0.247 e. The molecule has 0 aliphatic rings. The molecule has 0 spiro atoms. The van der Waals surface area contributed by atoms with Gasteiger partial charge in [0.15, 0.2) is 0 Å². The second-order valence-corrected chi connectivity index (χ2v) is 4.16. The van der Waals surface area contributed by atoms with Crippen molar-refractivity contribution in [3.05, 3.63) is 51.2 Å². The Bertz CT molecular complexity index is 456. The fourth-order valence-electron chi connectivity index (χ4n) is 1.40. The Balaban J connectivity index is 3.08. The van der Waals surface area contributed by atoms with Crippen molar-refractivity contribution >= 4 is 6.08 Å². The predicted octanol–water partition coefficient (Wildman–Crippen LogP) is 3.63. The van der Waals surface area contributed by atoms with Crippen molar-refractivity contribution in [1.82, 2.24) is 0 Å². The molecule has 0 saturated heterocycles. The quantitative estimate of drug-likeness (QED) is 0.596. The monoisotopic (exact) mass is 241 g/mol. The van der Waals surface area contributed by atoms with Crippen LogP contribution in [-0.4, -0.2) is 4.92 Å². The van der Waals surface area contributed by atoms with Gasteiger partial charge in [-0.3, -0.25) is 10.1 Å². The topological polar surface area (TPSA) is 43.1 Å². The van der Waals surface area contributed by atoms with Crippen molar-refractivity contribution in [3.63, 3.8) is 0 Å². The lowest BCUT2D eigenvalue weighted by Gasteiger charge is -2.03. The molecule has 1 aromatic rings. The average Bonchev–Trinajstić information content (AvgIpc) is 2.19. The lowest BCUT2D eigenvalue weighted by atomic mass is 10.1. The van der Waals surface area contributed by atoms with E-state index >= 15 is 0 Å². The van der Waals surface area contributed by atoms with Gasteiger partial charge in [0.1, 0.15) is 11.6 Å². The van der Waals surface area contributed by atoms with E-state index in [-0.39, 0.29) is 23.6 Å². The molecule has 0 atom stereocenters. The van der Waals surface area contributed by atoms with E-state index < -0.39 is 16.6 Å². The van der Waals surface area contributed by atoms with Gasteiger partial charge in [0.2, 0.25) is 5.70 Å². The molecule has 92 valence electrons. The van der Waals surface area contributed by atoms with Gasteiger partial charge in [0.05, 0.1) is 4.92 Å². The number of hydrogen-bond acceptors (Lipinski definition) is 2. The van der Waals surface area contributed by atoms with Crippen LogP contribution in [0, 0.1) is 27.7 Å². The summed E-state index contributed by atoms with van der Waals surface area (Å²) in [6.07, 6.45) is 1.39. The third kappa shape index (κ3) is 3.94. The Morgan fingerprint density at radius 1 is 1.47 bits per heavy atom. The fraction of sp³-hybridized carbons (Fsp3) is 0.333. The number of benzene rings is 1. The lowest BCUT2D eigenvalue weighted by molar-refractivity contribution is -0.427. The molecule has 1 rings (SSSR count). The molecule has 0 bridgehead atoms. The molecule has 0 fully saturated rings. The van der Waals surface area contributed by atoms with Crippen molar-refractivity contribution in [2.45, 2.75) is 20.3 Å². The van der Waals surface area contributed by atoms with Gasteiger partial charge >= 0.3 is 0 Å². The second-order valence-electron chi connectivity index (χ2n) is 4.16. The predicted molar refractivity (Wildman–Crippen MR) is 60.8 cm³/mol. The molecule has 0 saturated carbocycles. The first kappa shape index (κ1) is 13.3. The van der Waals surface area contributed by atoms with Crippen molar-refractivity contribution in [2.75, 3.05) is 0 Å². The SMILES string of the molecule is CC(C)CC(=Cc1ccc(F)cc1F)[N+](=O)[O-]. The maximum atomic E-state index is 13.3. The van der Waals surface area contributed by atoms with E-state index in [0.717, 1.165) is 12.1 Å². The summed E-state index contributed by atoms with van der Waals surface area (Å²) in [5, 5.41) is 10.8. The van der Waals surface area contributed by atoms with Crippen molar-refractivity contribution in [2.24, 2.45) is 5.92 Å². The minimum absolute atomic E-state index is 0.0266. The molecule has 0 aromatic heterocycles. The Hall–Kier alpha value is -1.78. The summed E-state index contributed by atoms with van der Waals surface area (Å²) < 4.78 is 26.0. The van der Waals surface area contributed by atoms with E-state index in [0.29, 0.717) is 6.07 Å². The molecule has 3 nitrogen and oxygen atoms in total.